The summed E-state index contributed by atoms with van der Waals surface area (Å²) in [6.45, 7) is 2.56. The van der Waals surface area contributed by atoms with E-state index in [-0.39, 0.29) is 53.7 Å². The highest BCUT2D eigenvalue weighted by molar-refractivity contribution is 6.20. The summed E-state index contributed by atoms with van der Waals surface area (Å²) in [5.41, 5.74) is -1.65. The molecule has 4 unspecified atom stereocenters. The number of hydrogen-bond acceptors (Lipinski definition) is 9. The molecule has 0 bridgehead atoms. The standard InChI is InChI=1S/C22H21F2N5O7/c1-8-6-28-14-10(4-22(16(28)9(2)34-8)18(30)25-20(32)26-19(22)31)3-12-15(13(14)24)36-27-17(12)29-7-11(5-23)35-21(29)33/h3,8-9,11,16H,4-7H2,1-2H3,(H2,25,26,30,31,32). The first-order valence-corrected chi connectivity index (χ1v) is 11.4. The molecule has 5 amide bonds. The highest BCUT2D eigenvalue weighted by Gasteiger charge is 2.63. The lowest BCUT2D eigenvalue weighted by Gasteiger charge is -2.55. The number of rotatable bonds is 2. The van der Waals surface area contributed by atoms with E-state index < -0.39 is 60.1 Å². The number of nitrogens with one attached hydrogen (secondary N) is 2. The number of nitrogens with zero attached hydrogens (tertiary/aromatic N) is 3. The summed E-state index contributed by atoms with van der Waals surface area (Å²) in [5.74, 6) is -2.49. The van der Waals surface area contributed by atoms with Gasteiger partial charge in [0.15, 0.2) is 17.1 Å². The summed E-state index contributed by atoms with van der Waals surface area (Å²) in [6.07, 6.45) is -3.16. The molecule has 5 heterocycles. The number of carbonyl (C=O) groups excluding carboxylic acids is 4. The second-order valence-corrected chi connectivity index (χ2v) is 9.49. The van der Waals surface area contributed by atoms with E-state index >= 15 is 4.39 Å². The van der Waals surface area contributed by atoms with Crippen LogP contribution >= 0.6 is 0 Å². The van der Waals surface area contributed by atoms with Crippen molar-refractivity contribution in [1.29, 1.82) is 0 Å². The van der Waals surface area contributed by atoms with Crippen molar-refractivity contribution in [2.75, 3.05) is 29.6 Å². The molecule has 2 N–H and O–H groups in total. The van der Waals surface area contributed by atoms with Crippen molar-refractivity contribution in [1.82, 2.24) is 15.8 Å². The molecule has 4 atom stereocenters. The van der Waals surface area contributed by atoms with Crippen LogP contribution in [0.1, 0.15) is 19.4 Å². The predicted molar refractivity (Wildman–Crippen MR) is 117 cm³/mol. The predicted octanol–water partition coefficient (Wildman–Crippen LogP) is 1.15. The van der Waals surface area contributed by atoms with Gasteiger partial charge in [-0.15, -0.1) is 0 Å². The summed E-state index contributed by atoms with van der Waals surface area (Å²) in [5, 5.41) is 8.27. The van der Waals surface area contributed by atoms with E-state index in [0.29, 0.717) is 0 Å². The molecule has 0 aliphatic carbocycles. The molecule has 4 aliphatic heterocycles. The molecule has 36 heavy (non-hydrogen) atoms. The molecule has 0 saturated carbocycles. The fourth-order valence-electron chi connectivity index (χ4n) is 5.91. The van der Waals surface area contributed by atoms with Gasteiger partial charge in [-0.05, 0) is 25.5 Å². The number of benzene rings is 1. The molecule has 6 rings (SSSR count). The average molecular weight is 505 g/mol. The van der Waals surface area contributed by atoms with Crippen LogP contribution < -0.4 is 20.4 Å². The number of aromatic nitrogens is 1. The number of ether oxygens (including phenoxy) is 2. The smallest absolute Gasteiger partial charge is 0.416 e. The molecule has 1 aromatic carbocycles. The van der Waals surface area contributed by atoms with E-state index in [1.165, 1.54) is 6.07 Å². The lowest BCUT2D eigenvalue weighted by Crippen LogP contribution is -2.75. The third-order valence-electron chi connectivity index (χ3n) is 7.25. The average Bonchev–Trinajstić information content (AvgIpc) is 3.39. The fourth-order valence-corrected chi connectivity index (χ4v) is 5.91. The quantitative estimate of drug-likeness (QED) is 0.575. The number of urea groups is 1. The zero-order chi connectivity index (χ0) is 25.5. The summed E-state index contributed by atoms with van der Waals surface area (Å²) in [6, 6.07) is -0.374. The first-order chi connectivity index (χ1) is 17.1. The van der Waals surface area contributed by atoms with Crippen LogP contribution in [0.15, 0.2) is 10.6 Å². The van der Waals surface area contributed by atoms with Crippen molar-refractivity contribution in [2.24, 2.45) is 5.41 Å². The van der Waals surface area contributed by atoms with Crippen molar-refractivity contribution >= 4 is 46.4 Å². The molecular weight excluding hydrogens is 484 g/mol. The zero-order valence-corrected chi connectivity index (χ0v) is 19.2. The number of alkyl halides is 1. The normalized spacial score (nSPS) is 29.2. The number of anilines is 2. The topological polar surface area (TPSA) is 143 Å². The van der Waals surface area contributed by atoms with Crippen LogP contribution in [0, 0.1) is 11.2 Å². The van der Waals surface area contributed by atoms with Gasteiger partial charge in [0.25, 0.3) is 0 Å². The van der Waals surface area contributed by atoms with Gasteiger partial charge in [0, 0.05) is 13.0 Å². The van der Waals surface area contributed by atoms with Crippen molar-refractivity contribution in [3.05, 3.63) is 17.4 Å². The van der Waals surface area contributed by atoms with Crippen LogP contribution in [0.4, 0.5) is 29.9 Å². The summed E-state index contributed by atoms with van der Waals surface area (Å²) < 4.78 is 45.3. The first-order valence-electron chi connectivity index (χ1n) is 11.4. The Morgan fingerprint density at radius 1 is 1.17 bits per heavy atom. The van der Waals surface area contributed by atoms with Gasteiger partial charge in [-0.2, -0.15) is 0 Å². The Hall–Kier alpha value is -3.81. The number of hydrogen-bond donors (Lipinski definition) is 2. The number of amides is 5. The fraction of sp³-hybridized carbons (Fsp3) is 0.500. The number of morpholine rings is 1. The number of cyclic esters (lactones) is 1. The minimum atomic E-state index is -1.80. The van der Waals surface area contributed by atoms with E-state index in [1.807, 2.05) is 0 Å². The third kappa shape index (κ3) is 2.90. The summed E-state index contributed by atoms with van der Waals surface area (Å²) in [7, 11) is 0. The number of imide groups is 2. The van der Waals surface area contributed by atoms with Crippen LogP contribution in [-0.4, -0.2) is 73.2 Å². The maximum Gasteiger partial charge on any atom is 0.416 e. The Labute approximate surface area is 201 Å². The minimum Gasteiger partial charge on any atom is -0.441 e. The van der Waals surface area contributed by atoms with E-state index in [0.717, 1.165) is 4.90 Å². The van der Waals surface area contributed by atoms with Gasteiger partial charge in [-0.25, -0.2) is 18.4 Å². The number of fused-ring (bicyclic) bond motifs is 5. The minimum absolute atomic E-state index is 0.0692. The van der Waals surface area contributed by atoms with Gasteiger partial charge in [0.2, 0.25) is 17.4 Å². The monoisotopic (exact) mass is 505 g/mol. The Morgan fingerprint density at radius 3 is 2.56 bits per heavy atom. The van der Waals surface area contributed by atoms with Crippen LogP contribution in [0.5, 0.6) is 0 Å². The molecule has 1 spiro atoms. The molecule has 3 fully saturated rings. The highest BCUT2D eigenvalue weighted by atomic mass is 19.1. The van der Waals surface area contributed by atoms with Crippen LogP contribution in [0.2, 0.25) is 0 Å². The Balaban J connectivity index is 1.55. The lowest BCUT2D eigenvalue weighted by molar-refractivity contribution is -0.153. The zero-order valence-electron chi connectivity index (χ0n) is 19.2. The van der Waals surface area contributed by atoms with Crippen molar-refractivity contribution < 1.29 is 42.0 Å². The van der Waals surface area contributed by atoms with Gasteiger partial charge < -0.3 is 18.9 Å². The maximum atomic E-state index is 16.1. The molecule has 2 aromatic rings. The van der Waals surface area contributed by atoms with Crippen LogP contribution in [0.3, 0.4) is 0 Å². The first kappa shape index (κ1) is 22.6. The van der Waals surface area contributed by atoms with E-state index in [9.17, 15) is 23.6 Å². The van der Waals surface area contributed by atoms with Gasteiger partial charge in [0.05, 0.1) is 35.9 Å². The Bertz CT molecular complexity index is 1330. The lowest BCUT2D eigenvalue weighted by atomic mass is 9.66. The number of halogens is 2. The van der Waals surface area contributed by atoms with E-state index in [1.54, 1.807) is 18.7 Å². The second kappa shape index (κ2) is 7.59. The largest absolute Gasteiger partial charge is 0.441 e. The molecule has 3 saturated heterocycles. The summed E-state index contributed by atoms with van der Waals surface area (Å²) >= 11 is 0. The van der Waals surface area contributed by atoms with Crippen molar-refractivity contribution in [3.8, 4) is 0 Å². The Morgan fingerprint density at radius 2 is 1.89 bits per heavy atom. The maximum absolute atomic E-state index is 16.1. The molecular formula is C22H21F2N5O7. The molecule has 12 nitrogen and oxygen atoms in total. The van der Waals surface area contributed by atoms with Gasteiger partial charge in [-0.1, -0.05) is 5.16 Å². The third-order valence-corrected chi connectivity index (χ3v) is 7.25. The van der Waals surface area contributed by atoms with Gasteiger partial charge >= 0.3 is 12.1 Å². The molecule has 1 aromatic heterocycles. The molecule has 0 radical (unpaired) electrons. The highest BCUT2D eigenvalue weighted by Crippen LogP contribution is 2.49. The van der Waals surface area contributed by atoms with Gasteiger partial charge in [0.1, 0.15) is 12.8 Å². The van der Waals surface area contributed by atoms with E-state index in [2.05, 4.69) is 15.8 Å². The number of carbonyl (C=O) groups is 4. The van der Waals surface area contributed by atoms with Crippen molar-refractivity contribution in [2.45, 2.75) is 44.6 Å². The van der Waals surface area contributed by atoms with Gasteiger partial charge in [-0.3, -0.25) is 25.1 Å². The van der Waals surface area contributed by atoms with Crippen LogP contribution in [0.25, 0.3) is 11.0 Å². The van der Waals surface area contributed by atoms with Crippen molar-refractivity contribution in [3.63, 3.8) is 0 Å². The molecule has 4 aliphatic rings. The molecule has 190 valence electrons. The SMILES string of the molecule is CC1CN2c3c(cc4c(N5CC(CF)OC5=O)noc4c3F)CC3(C(=O)NC(=O)NC3=O)C2C(C)O1. The van der Waals surface area contributed by atoms with E-state index in [4.69, 9.17) is 14.0 Å². The number of barbiturate groups is 1. The van der Waals surface area contributed by atoms with Crippen LogP contribution in [-0.2, 0) is 25.5 Å². The molecule has 14 heteroatoms. The second-order valence-electron chi connectivity index (χ2n) is 9.49. The summed E-state index contributed by atoms with van der Waals surface area (Å²) in [4.78, 5) is 53.3. The Kier molecular flexibility index (Phi) is 4.78.